The fourth-order valence-corrected chi connectivity index (χ4v) is 4.54. The average molecular weight is 317 g/mol. The molecule has 0 aromatic heterocycles. The number of piperazine rings is 1. The lowest BCUT2D eigenvalue weighted by Crippen LogP contribution is -2.51. The highest BCUT2D eigenvalue weighted by Crippen LogP contribution is 2.25. The molecule has 6 heteroatoms. The second-order valence-corrected chi connectivity index (χ2v) is 8.51. The van der Waals surface area contributed by atoms with E-state index in [0.717, 1.165) is 32.1 Å². The molecule has 0 aromatic rings. The number of hydrogen-bond donors (Lipinski definition) is 1. The molecule has 2 aliphatic rings. The second-order valence-electron chi connectivity index (χ2n) is 6.52. The van der Waals surface area contributed by atoms with E-state index in [1.807, 2.05) is 0 Å². The molecule has 1 aliphatic carbocycles. The number of nitrogens with zero attached hydrogens (tertiary/aromatic N) is 2. The summed E-state index contributed by atoms with van der Waals surface area (Å²) in [5.41, 5.74) is 0. The summed E-state index contributed by atoms with van der Waals surface area (Å²) in [5, 5.41) is 3.66. The van der Waals surface area contributed by atoms with E-state index in [9.17, 15) is 8.42 Å². The Bertz CT molecular complexity index is 405. The van der Waals surface area contributed by atoms with Crippen molar-refractivity contribution >= 4 is 10.0 Å². The van der Waals surface area contributed by atoms with Crippen molar-refractivity contribution in [3.63, 3.8) is 0 Å². The Kier molecular flexibility index (Phi) is 6.47. The lowest BCUT2D eigenvalue weighted by molar-refractivity contribution is 0.146. The molecule has 0 radical (unpaired) electrons. The molecule has 1 N–H and O–H groups in total. The lowest BCUT2D eigenvalue weighted by atomic mass is 9.93. The second kappa shape index (κ2) is 7.90. The van der Waals surface area contributed by atoms with E-state index in [1.165, 1.54) is 38.4 Å². The van der Waals surface area contributed by atoms with E-state index in [4.69, 9.17) is 0 Å². The molecule has 0 aromatic carbocycles. The van der Waals surface area contributed by atoms with Crippen LogP contribution in [0.2, 0.25) is 0 Å². The fourth-order valence-electron chi connectivity index (χ4n) is 3.71. The monoisotopic (exact) mass is 317 g/mol. The zero-order valence-electron chi connectivity index (χ0n) is 13.6. The first-order chi connectivity index (χ1) is 10.0. The summed E-state index contributed by atoms with van der Waals surface area (Å²) in [6, 6.07) is 0.644. The Hall–Kier alpha value is -0.170. The van der Waals surface area contributed by atoms with Crippen molar-refractivity contribution in [3.8, 4) is 0 Å². The summed E-state index contributed by atoms with van der Waals surface area (Å²) in [5.74, 6) is 0.720. The molecule has 21 heavy (non-hydrogen) atoms. The quantitative estimate of drug-likeness (QED) is 0.772. The molecule has 2 fully saturated rings. The smallest absolute Gasteiger partial charge is 0.211 e. The Balaban J connectivity index is 1.85. The van der Waals surface area contributed by atoms with E-state index in [1.54, 1.807) is 4.31 Å². The molecule has 0 spiro atoms. The first-order valence-electron chi connectivity index (χ1n) is 8.41. The molecule has 0 bridgehead atoms. The highest BCUT2D eigenvalue weighted by atomic mass is 32.2. The van der Waals surface area contributed by atoms with Crippen molar-refractivity contribution in [2.24, 2.45) is 5.92 Å². The van der Waals surface area contributed by atoms with Gasteiger partial charge in [0, 0.05) is 38.8 Å². The van der Waals surface area contributed by atoms with Crippen LogP contribution in [-0.4, -0.2) is 69.2 Å². The van der Waals surface area contributed by atoms with Gasteiger partial charge in [-0.2, -0.15) is 4.31 Å². The molecule has 1 saturated heterocycles. The van der Waals surface area contributed by atoms with Gasteiger partial charge >= 0.3 is 0 Å². The minimum absolute atomic E-state index is 0.644. The topological polar surface area (TPSA) is 52.6 Å². The van der Waals surface area contributed by atoms with Crippen LogP contribution >= 0.6 is 0 Å². The van der Waals surface area contributed by atoms with Gasteiger partial charge in [-0.25, -0.2) is 8.42 Å². The van der Waals surface area contributed by atoms with Crippen molar-refractivity contribution in [2.75, 3.05) is 45.5 Å². The number of rotatable bonds is 5. The maximum Gasteiger partial charge on any atom is 0.211 e. The highest BCUT2D eigenvalue weighted by molar-refractivity contribution is 7.88. The maximum atomic E-state index is 11.6. The third kappa shape index (κ3) is 5.20. The highest BCUT2D eigenvalue weighted by Gasteiger charge is 2.28. The third-order valence-electron chi connectivity index (χ3n) is 4.92. The first kappa shape index (κ1) is 17.2. The van der Waals surface area contributed by atoms with Crippen LogP contribution in [0.4, 0.5) is 0 Å². The summed E-state index contributed by atoms with van der Waals surface area (Å²) < 4.78 is 24.7. The number of hydrogen-bond acceptors (Lipinski definition) is 4. The SMILES string of the molecule is CCNC1CCCCCC1CN1CCN(S(C)(=O)=O)CC1. The standard InChI is InChI=1S/C15H31N3O2S/c1-3-16-15-8-6-4-5-7-14(15)13-17-9-11-18(12-10-17)21(2,19)20/h14-16H,3-13H2,1-2H3. The van der Waals surface area contributed by atoms with Gasteiger partial charge in [-0.05, 0) is 25.3 Å². The van der Waals surface area contributed by atoms with Crippen molar-refractivity contribution in [2.45, 2.75) is 45.1 Å². The van der Waals surface area contributed by atoms with Crippen LogP contribution in [0.1, 0.15) is 39.0 Å². The van der Waals surface area contributed by atoms with Crippen LogP contribution in [0.25, 0.3) is 0 Å². The zero-order valence-corrected chi connectivity index (χ0v) is 14.4. The molecule has 1 heterocycles. The molecule has 2 atom stereocenters. The van der Waals surface area contributed by atoms with Crippen molar-refractivity contribution < 1.29 is 8.42 Å². The Labute approximate surface area is 130 Å². The minimum Gasteiger partial charge on any atom is -0.314 e. The molecule has 5 nitrogen and oxygen atoms in total. The summed E-state index contributed by atoms with van der Waals surface area (Å²) >= 11 is 0. The largest absolute Gasteiger partial charge is 0.314 e. The summed E-state index contributed by atoms with van der Waals surface area (Å²) in [4.78, 5) is 2.46. The predicted octanol–water partition coefficient (Wildman–Crippen LogP) is 1.12. The van der Waals surface area contributed by atoms with E-state index in [-0.39, 0.29) is 0 Å². The molecule has 1 aliphatic heterocycles. The fraction of sp³-hybridized carbons (Fsp3) is 1.00. The minimum atomic E-state index is -3.01. The lowest BCUT2D eigenvalue weighted by Gasteiger charge is -2.37. The van der Waals surface area contributed by atoms with Gasteiger partial charge in [0.25, 0.3) is 0 Å². The molecular weight excluding hydrogens is 286 g/mol. The molecular formula is C15H31N3O2S. The van der Waals surface area contributed by atoms with Gasteiger partial charge in [0.05, 0.1) is 6.26 Å². The van der Waals surface area contributed by atoms with Gasteiger partial charge < -0.3 is 10.2 Å². The summed E-state index contributed by atoms with van der Waals surface area (Å²) in [6.45, 7) is 7.41. The molecule has 2 rings (SSSR count). The predicted molar refractivity (Wildman–Crippen MR) is 86.9 cm³/mol. The van der Waals surface area contributed by atoms with Crippen molar-refractivity contribution in [1.29, 1.82) is 0 Å². The van der Waals surface area contributed by atoms with Crippen LogP contribution in [0.15, 0.2) is 0 Å². The van der Waals surface area contributed by atoms with Crippen LogP contribution in [-0.2, 0) is 10.0 Å². The maximum absolute atomic E-state index is 11.6. The summed E-state index contributed by atoms with van der Waals surface area (Å²) in [7, 11) is -3.01. The summed E-state index contributed by atoms with van der Waals surface area (Å²) in [6.07, 6.45) is 7.97. The molecule has 2 unspecified atom stereocenters. The molecule has 1 saturated carbocycles. The van der Waals surface area contributed by atoms with E-state index in [2.05, 4.69) is 17.1 Å². The van der Waals surface area contributed by atoms with E-state index < -0.39 is 10.0 Å². The van der Waals surface area contributed by atoms with Gasteiger partial charge in [-0.1, -0.05) is 26.2 Å². The van der Waals surface area contributed by atoms with Crippen LogP contribution < -0.4 is 5.32 Å². The van der Waals surface area contributed by atoms with Crippen molar-refractivity contribution in [3.05, 3.63) is 0 Å². The normalized spacial score (nSPS) is 30.2. The van der Waals surface area contributed by atoms with Gasteiger partial charge in [-0.15, -0.1) is 0 Å². The van der Waals surface area contributed by atoms with Gasteiger partial charge in [-0.3, -0.25) is 0 Å². The van der Waals surface area contributed by atoms with Crippen molar-refractivity contribution in [1.82, 2.24) is 14.5 Å². The van der Waals surface area contributed by atoms with Gasteiger partial charge in [0.1, 0.15) is 0 Å². The average Bonchev–Trinajstić information content (AvgIpc) is 2.65. The Morgan fingerprint density at radius 3 is 2.33 bits per heavy atom. The van der Waals surface area contributed by atoms with E-state index >= 15 is 0 Å². The Morgan fingerprint density at radius 2 is 1.71 bits per heavy atom. The van der Waals surface area contributed by atoms with Gasteiger partial charge in [0.2, 0.25) is 10.0 Å². The zero-order chi connectivity index (χ0) is 15.3. The van der Waals surface area contributed by atoms with E-state index in [0.29, 0.717) is 19.1 Å². The molecule has 0 amide bonds. The number of nitrogens with one attached hydrogen (secondary N) is 1. The third-order valence-corrected chi connectivity index (χ3v) is 6.22. The van der Waals surface area contributed by atoms with Crippen LogP contribution in [0.5, 0.6) is 0 Å². The number of sulfonamides is 1. The molecule has 124 valence electrons. The van der Waals surface area contributed by atoms with Gasteiger partial charge in [0.15, 0.2) is 0 Å². The van der Waals surface area contributed by atoms with Crippen LogP contribution in [0.3, 0.4) is 0 Å². The first-order valence-corrected chi connectivity index (χ1v) is 10.3. The Morgan fingerprint density at radius 1 is 1.05 bits per heavy atom. The van der Waals surface area contributed by atoms with Crippen LogP contribution in [0, 0.1) is 5.92 Å².